The third-order valence-electron chi connectivity index (χ3n) is 5.81. The largest absolute Gasteiger partial charge is 0.494 e. The molecule has 0 saturated carbocycles. The van der Waals surface area contributed by atoms with Gasteiger partial charge in [-0.2, -0.15) is 9.30 Å². The summed E-state index contributed by atoms with van der Waals surface area (Å²) in [5.74, 6) is 2.54. The molecule has 34 heavy (non-hydrogen) atoms. The average Bonchev–Trinajstić information content (AvgIpc) is 3.16. The van der Waals surface area contributed by atoms with Crippen LogP contribution in [0.15, 0.2) is 52.4 Å². The third-order valence-corrected chi connectivity index (χ3v) is 8.73. The molecule has 0 radical (unpaired) electrons. The minimum Gasteiger partial charge on any atom is -0.494 e. The Morgan fingerprint density at radius 1 is 1.26 bits per heavy atom. The number of carbonyl (C=O) groups is 1. The summed E-state index contributed by atoms with van der Waals surface area (Å²) in [4.78, 5) is 18.3. The first kappa shape index (κ1) is 24.2. The zero-order chi connectivity index (χ0) is 24.3. The Morgan fingerprint density at radius 2 is 2.03 bits per heavy atom. The van der Waals surface area contributed by atoms with Crippen LogP contribution in [0.1, 0.15) is 25.3 Å². The molecular weight excluding hydrogens is 470 g/mol. The van der Waals surface area contributed by atoms with E-state index >= 15 is 0 Å². The zero-order valence-corrected chi connectivity index (χ0v) is 20.9. The van der Waals surface area contributed by atoms with Crippen molar-refractivity contribution in [2.24, 2.45) is 10.9 Å². The van der Waals surface area contributed by atoms with Crippen molar-refractivity contribution in [3.63, 3.8) is 0 Å². The van der Waals surface area contributed by atoms with Crippen LogP contribution in [0.5, 0.6) is 5.75 Å². The minimum atomic E-state index is -3.67. The average molecular weight is 498 g/mol. The predicted molar refractivity (Wildman–Crippen MR) is 133 cm³/mol. The maximum absolute atomic E-state index is 13.2. The maximum Gasteiger partial charge on any atom is 0.252 e. The van der Waals surface area contributed by atoms with E-state index in [0.717, 1.165) is 21.5 Å². The number of aromatic nitrogens is 1. The highest BCUT2D eigenvalue weighted by Gasteiger charge is 2.33. The Hall–Kier alpha value is -2.93. The molecular formula is C25H27N3O4S2. The van der Waals surface area contributed by atoms with Crippen molar-refractivity contribution in [1.29, 1.82) is 0 Å². The molecule has 0 aliphatic carbocycles. The topological polar surface area (TPSA) is 81.0 Å². The van der Waals surface area contributed by atoms with E-state index in [4.69, 9.17) is 11.2 Å². The molecule has 1 aliphatic rings. The number of amides is 1. The SMILES string of the molecule is C#CCn1c(=NC(=O)C2CCCN(S(=O)(=O)c3ccc(C)cc3)C2)sc2cc(OCC)ccc21. The van der Waals surface area contributed by atoms with E-state index < -0.39 is 15.9 Å². The molecule has 0 N–H and O–H groups in total. The van der Waals surface area contributed by atoms with E-state index in [0.29, 0.717) is 30.8 Å². The van der Waals surface area contributed by atoms with Crippen LogP contribution in [-0.4, -0.2) is 42.9 Å². The van der Waals surface area contributed by atoms with Gasteiger partial charge in [0, 0.05) is 13.1 Å². The molecule has 1 atom stereocenters. The summed E-state index contributed by atoms with van der Waals surface area (Å²) in [5, 5.41) is 0. The molecule has 178 valence electrons. The van der Waals surface area contributed by atoms with Gasteiger partial charge in [-0.25, -0.2) is 8.42 Å². The molecule has 1 aliphatic heterocycles. The van der Waals surface area contributed by atoms with Crippen LogP contribution in [0.2, 0.25) is 0 Å². The Balaban J connectivity index is 1.62. The first-order chi connectivity index (χ1) is 16.3. The van der Waals surface area contributed by atoms with Crippen LogP contribution in [0, 0.1) is 25.2 Å². The van der Waals surface area contributed by atoms with Gasteiger partial charge in [-0.05, 0) is 57.0 Å². The lowest BCUT2D eigenvalue weighted by Crippen LogP contribution is -2.42. The zero-order valence-electron chi connectivity index (χ0n) is 19.2. The highest BCUT2D eigenvalue weighted by Crippen LogP contribution is 2.26. The number of sulfonamides is 1. The molecule has 1 aromatic heterocycles. The van der Waals surface area contributed by atoms with Gasteiger partial charge in [0.1, 0.15) is 5.75 Å². The first-order valence-corrected chi connectivity index (χ1v) is 13.4. The molecule has 0 spiro atoms. The van der Waals surface area contributed by atoms with Crippen LogP contribution < -0.4 is 9.54 Å². The number of thiazole rings is 1. The lowest BCUT2D eigenvalue weighted by Gasteiger charge is -2.30. The fraction of sp³-hybridized carbons (Fsp3) is 0.360. The maximum atomic E-state index is 13.2. The van der Waals surface area contributed by atoms with E-state index in [2.05, 4.69) is 10.9 Å². The van der Waals surface area contributed by atoms with Gasteiger partial charge in [-0.3, -0.25) is 4.79 Å². The lowest BCUT2D eigenvalue weighted by atomic mass is 9.99. The number of benzene rings is 2. The van der Waals surface area contributed by atoms with Gasteiger partial charge < -0.3 is 9.30 Å². The second-order valence-electron chi connectivity index (χ2n) is 8.20. The van der Waals surface area contributed by atoms with Crippen molar-refractivity contribution in [2.45, 2.75) is 38.1 Å². The molecule has 2 heterocycles. The van der Waals surface area contributed by atoms with Crippen molar-refractivity contribution in [3.8, 4) is 18.1 Å². The van der Waals surface area contributed by atoms with Crippen molar-refractivity contribution >= 4 is 37.5 Å². The highest BCUT2D eigenvalue weighted by molar-refractivity contribution is 7.89. The van der Waals surface area contributed by atoms with E-state index in [9.17, 15) is 13.2 Å². The van der Waals surface area contributed by atoms with Crippen LogP contribution >= 0.6 is 11.3 Å². The summed E-state index contributed by atoms with van der Waals surface area (Å²) in [6.07, 6.45) is 6.77. The number of fused-ring (bicyclic) bond motifs is 1. The summed E-state index contributed by atoms with van der Waals surface area (Å²) < 4.78 is 36.0. The van der Waals surface area contributed by atoms with E-state index in [-0.39, 0.29) is 23.9 Å². The number of ether oxygens (including phenoxy) is 1. The van der Waals surface area contributed by atoms with Gasteiger partial charge in [0.05, 0.1) is 34.2 Å². The summed E-state index contributed by atoms with van der Waals surface area (Å²) in [6.45, 7) is 5.17. The molecule has 0 bridgehead atoms. The normalized spacial score (nSPS) is 17.6. The number of rotatable bonds is 6. The van der Waals surface area contributed by atoms with E-state index in [1.54, 1.807) is 24.3 Å². The Labute approximate surface area is 203 Å². The standard InChI is InChI=1S/C25H27N3O4S2/c1-4-14-28-22-13-10-20(32-5-2)16-23(22)33-25(28)26-24(29)19-7-6-15-27(17-19)34(30,31)21-11-8-18(3)9-12-21/h1,8-13,16,19H,5-7,14-15,17H2,2-3H3. The second-order valence-corrected chi connectivity index (χ2v) is 11.1. The highest BCUT2D eigenvalue weighted by atomic mass is 32.2. The molecule has 7 nitrogen and oxygen atoms in total. The summed E-state index contributed by atoms with van der Waals surface area (Å²) in [5.41, 5.74) is 1.87. The number of hydrogen-bond acceptors (Lipinski definition) is 5. The second kappa shape index (κ2) is 10.1. The number of piperidine rings is 1. The number of aryl methyl sites for hydroxylation is 1. The lowest BCUT2D eigenvalue weighted by molar-refractivity contribution is -0.122. The fourth-order valence-electron chi connectivity index (χ4n) is 4.05. The van der Waals surface area contributed by atoms with Crippen molar-refractivity contribution in [2.75, 3.05) is 19.7 Å². The predicted octanol–water partition coefficient (Wildman–Crippen LogP) is 3.57. The smallest absolute Gasteiger partial charge is 0.252 e. The Kier molecular flexibility index (Phi) is 7.22. The van der Waals surface area contributed by atoms with Crippen LogP contribution in [0.4, 0.5) is 0 Å². The summed E-state index contributed by atoms with van der Waals surface area (Å²) in [6, 6.07) is 12.5. The van der Waals surface area contributed by atoms with E-state index in [1.807, 2.05) is 36.6 Å². The molecule has 1 amide bonds. The monoisotopic (exact) mass is 497 g/mol. The van der Waals surface area contributed by atoms with Gasteiger partial charge >= 0.3 is 0 Å². The minimum absolute atomic E-state index is 0.118. The van der Waals surface area contributed by atoms with Crippen LogP contribution in [-0.2, 0) is 21.4 Å². The Morgan fingerprint density at radius 3 is 2.74 bits per heavy atom. The molecule has 3 aromatic rings. The van der Waals surface area contributed by atoms with E-state index in [1.165, 1.54) is 15.6 Å². The van der Waals surface area contributed by atoms with Gasteiger partial charge in [-0.15, -0.1) is 6.42 Å². The summed E-state index contributed by atoms with van der Waals surface area (Å²) >= 11 is 1.37. The van der Waals surface area contributed by atoms with Crippen LogP contribution in [0.3, 0.4) is 0 Å². The number of terminal acetylenes is 1. The fourth-order valence-corrected chi connectivity index (χ4v) is 6.63. The van der Waals surface area contributed by atoms with Gasteiger partial charge in [0.25, 0.3) is 5.91 Å². The Bertz CT molecular complexity index is 1410. The molecule has 1 fully saturated rings. The molecule has 1 unspecified atom stereocenters. The quantitative estimate of drug-likeness (QED) is 0.488. The van der Waals surface area contributed by atoms with Gasteiger partial charge in [0.2, 0.25) is 10.0 Å². The van der Waals surface area contributed by atoms with Crippen molar-refractivity contribution in [1.82, 2.24) is 8.87 Å². The first-order valence-electron chi connectivity index (χ1n) is 11.2. The van der Waals surface area contributed by atoms with Gasteiger partial charge in [0.15, 0.2) is 4.80 Å². The van der Waals surface area contributed by atoms with Crippen LogP contribution in [0.25, 0.3) is 10.2 Å². The molecule has 4 rings (SSSR count). The third kappa shape index (κ3) is 4.94. The van der Waals surface area contributed by atoms with Gasteiger partial charge in [-0.1, -0.05) is 35.0 Å². The number of nitrogens with zero attached hydrogens (tertiary/aromatic N) is 3. The number of hydrogen-bond donors (Lipinski definition) is 0. The molecule has 1 saturated heterocycles. The van der Waals surface area contributed by atoms with Crippen molar-refractivity contribution < 1.29 is 17.9 Å². The summed E-state index contributed by atoms with van der Waals surface area (Å²) in [7, 11) is -3.67. The van der Waals surface area contributed by atoms with Crippen molar-refractivity contribution in [3.05, 3.63) is 52.8 Å². The molecule has 2 aromatic carbocycles. The number of carbonyl (C=O) groups excluding carboxylic acids is 1. The molecule has 9 heteroatoms.